The van der Waals surface area contributed by atoms with Crippen LogP contribution in [0.1, 0.15) is 18.2 Å². The molecule has 0 amide bonds. The second-order valence-electron chi connectivity index (χ2n) is 4.91. The third-order valence-corrected chi connectivity index (χ3v) is 5.66. The van der Waals surface area contributed by atoms with Gasteiger partial charge in [-0.2, -0.15) is 4.98 Å². The van der Waals surface area contributed by atoms with Crippen molar-refractivity contribution in [2.75, 3.05) is 17.2 Å². The summed E-state index contributed by atoms with van der Waals surface area (Å²) < 4.78 is 28.2. The van der Waals surface area contributed by atoms with Gasteiger partial charge in [0, 0.05) is 10.9 Å². The van der Waals surface area contributed by atoms with Crippen LogP contribution in [0.25, 0.3) is 11.5 Å². The minimum absolute atomic E-state index is 0.0394. The standard InChI is InChI=1S/C12H11Cl2N3O3S/c13-7-3-8(10(15)9(14)4-7)12-16-11(17-20-12)6-1-2-21(18,19)5-6/h3-4,6H,1-2,5,15H2. The molecule has 1 aromatic carbocycles. The first kappa shape index (κ1) is 14.6. The van der Waals surface area contributed by atoms with Crippen LogP contribution in [0, 0.1) is 0 Å². The minimum atomic E-state index is -3.01. The van der Waals surface area contributed by atoms with Crippen LogP contribution < -0.4 is 5.73 Å². The number of nitrogens with two attached hydrogens (primary N) is 1. The SMILES string of the molecule is Nc1c(Cl)cc(Cl)cc1-c1nc(C2CCS(=O)(=O)C2)no1. The lowest BCUT2D eigenvalue weighted by Gasteiger charge is -2.04. The predicted octanol–water partition coefficient (Wildman–Crippen LogP) is 2.53. The zero-order valence-corrected chi connectivity index (χ0v) is 13.0. The Morgan fingerprint density at radius 2 is 2.10 bits per heavy atom. The van der Waals surface area contributed by atoms with Crippen LogP contribution in [-0.4, -0.2) is 30.1 Å². The Balaban J connectivity index is 1.96. The van der Waals surface area contributed by atoms with E-state index < -0.39 is 9.84 Å². The van der Waals surface area contributed by atoms with Crippen LogP contribution in [-0.2, 0) is 9.84 Å². The molecular weight excluding hydrogens is 337 g/mol. The lowest BCUT2D eigenvalue weighted by atomic mass is 10.1. The Bertz CT molecular complexity index is 804. The van der Waals surface area contributed by atoms with Gasteiger partial charge in [0.2, 0.25) is 0 Å². The molecule has 1 saturated heterocycles. The summed E-state index contributed by atoms with van der Waals surface area (Å²) in [7, 11) is -3.01. The molecule has 3 rings (SSSR count). The first-order chi connectivity index (χ1) is 9.85. The number of anilines is 1. The topological polar surface area (TPSA) is 99.1 Å². The molecule has 21 heavy (non-hydrogen) atoms. The van der Waals surface area contributed by atoms with Crippen LogP contribution in [0.15, 0.2) is 16.7 Å². The Hall–Kier alpha value is -1.31. The van der Waals surface area contributed by atoms with E-state index in [1.807, 2.05) is 0 Å². The molecule has 2 N–H and O–H groups in total. The van der Waals surface area contributed by atoms with Crippen LogP contribution in [0.4, 0.5) is 5.69 Å². The summed E-state index contributed by atoms with van der Waals surface area (Å²) in [5, 5.41) is 4.54. The second kappa shape index (κ2) is 5.15. The molecule has 1 unspecified atom stereocenters. The van der Waals surface area contributed by atoms with Gasteiger partial charge < -0.3 is 10.3 Å². The van der Waals surface area contributed by atoms with Crippen LogP contribution >= 0.6 is 23.2 Å². The van der Waals surface area contributed by atoms with Crippen LogP contribution in [0.3, 0.4) is 0 Å². The first-order valence-electron chi connectivity index (χ1n) is 6.14. The lowest BCUT2D eigenvalue weighted by Crippen LogP contribution is -2.05. The zero-order valence-electron chi connectivity index (χ0n) is 10.7. The third kappa shape index (κ3) is 2.86. The molecule has 2 heterocycles. The fourth-order valence-corrected chi connectivity index (χ4v) is 4.50. The molecule has 1 atom stereocenters. The second-order valence-corrected chi connectivity index (χ2v) is 7.98. The summed E-state index contributed by atoms with van der Waals surface area (Å²) in [4.78, 5) is 4.23. The summed E-state index contributed by atoms with van der Waals surface area (Å²) in [5.41, 5.74) is 6.60. The number of nitrogen functional groups attached to an aromatic ring is 1. The van der Waals surface area contributed by atoms with E-state index in [0.717, 1.165) is 0 Å². The van der Waals surface area contributed by atoms with Gasteiger partial charge in [-0.15, -0.1) is 0 Å². The minimum Gasteiger partial charge on any atom is -0.397 e. The molecule has 0 radical (unpaired) electrons. The smallest absolute Gasteiger partial charge is 0.260 e. The van der Waals surface area contributed by atoms with Gasteiger partial charge in [0.15, 0.2) is 15.7 Å². The third-order valence-electron chi connectivity index (χ3n) is 3.36. The molecule has 2 aromatic rings. The highest BCUT2D eigenvalue weighted by atomic mass is 35.5. The highest BCUT2D eigenvalue weighted by molar-refractivity contribution is 7.91. The van der Waals surface area contributed by atoms with Gasteiger partial charge in [0.25, 0.3) is 5.89 Å². The number of benzene rings is 1. The van der Waals surface area contributed by atoms with Gasteiger partial charge in [-0.05, 0) is 18.6 Å². The van der Waals surface area contributed by atoms with E-state index in [0.29, 0.717) is 27.9 Å². The Morgan fingerprint density at radius 1 is 1.33 bits per heavy atom. The van der Waals surface area contributed by atoms with Crippen molar-refractivity contribution in [3.8, 4) is 11.5 Å². The Kier molecular flexibility index (Phi) is 3.59. The number of halogens is 2. The predicted molar refractivity (Wildman–Crippen MR) is 80.2 cm³/mol. The number of aromatic nitrogens is 2. The van der Waals surface area contributed by atoms with Crippen molar-refractivity contribution >= 4 is 38.7 Å². The molecule has 6 nitrogen and oxygen atoms in total. The first-order valence-corrected chi connectivity index (χ1v) is 8.72. The van der Waals surface area contributed by atoms with Crippen molar-refractivity contribution in [1.82, 2.24) is 10.1 Å². The van der Waals surface area contributed by atoms with Crippen molar-refractivity contribution < 1.29 is 12.9 Å². The van der Waals surface area contributed by atoms with Crippen LogP contribution in [0.5, 0.6) is 0 Å². The summed E-state index contributed by atoms with van der Waals surface area (Å²) in [6.45, 7) is 0. The van der Waals surface area contributed by atoms with Crippen molar-refractivity contribution in [3.63, 3.8) is 0 Å². The van der Waals surface area contributed by atoms with Crippen molar-refractivity contribution in [2.24, 2.45) is 0 Å². The number of nitrogens with zero attached hydrogens (tertiary/aromatic N) is 2. The summed E-state index contributed by atoms with van der Waals surface area (Å²) in [6, 6.07) is 3.09. The van der Waals surface area contributed by atoms with Crippen molar-refractivity contribution in [1.29, 1.82) is 0 Å². The molecule has 0 aliphatic carbocycles. The van der Waals surface area contributed by atoms with Gasteiger partial charge >= 0.3 is 0 Å². The van der Waals surface area contributed by atoms with E-state index in [-0.39, 0.29) is 29.0 Å². The van der Waals surface area contributed by atoms with E-state index in [9.17, 15) is 8.42 Å². The quantitative estimate of drug-likeness (QED) is 0.838. The molecule has 0 spiro atoms. The van der Waals surface area contributed by atoms with Crippen molar-refractivity contribution in [3.05, 3.63) is 28.0 Å². The fraction of sp³-hybridized carbons (Fsp3) is 0.333. The van der Waals surface area contributed by atoms with Gasteiger partial charge in [-0.1, -0.05) is 28.4 Å². The molecule has 0 saturated carbocycles. The molecule has 112 valence electrons. The molecule has 1 aliphatic heterocycles. The van der Waals surface area contributed by atoms with Crippen molar-refractivity contribution in [2.45, 2.75) is 12.3 Å². The Morgan fingerprint density at radius 3 is 2.76 bits per heavy atom. The summed E-state index contributed by atoms with van der Waals surface area (Å²) in [5.74, 6) is 0.478. The molecule has 0 bridgehead atoms. The number of rotatable bonds is 2. The largest absolute Gasteiger partial charge is 0.397 e. The molecule has 9 heteroatoms. The maximum absolute atomic E-state index is 11.5. The van der Waals surface area contributed by atoms with Gasteiger partial charge in [0.05, 0.1) is 27.8 Å². The highest BCUT2D eigenvalue weighted by Gasteiger charge is 2.32. The maximum atomic E-state index is 11.5. The highest BCUT2D eigenvalue weighted by Crippen LogP contribution is 2.35. The van der Waals surface area contributed by atoms with E-state index in [1.54, 1.807) is 6.07 Å². The molecule has 1 fully saturated rings. The number of sulfone groups is 1. The molecule has 1 aliphatic rings. The van der Waals surface area contributed by atoms with Crippen LogP contribution in [0.2, 0.25) is 10.0 Å². The summed E-state index contributed by atoms with van der Waals surface area (Å²) >= 11 is 11.9. The van der Waals surface area contributed by atoms with E-state index in [2.05, 4.69) is 10.1 Å². The lowest BCUT2D eigenvalue weighted by molar-refractivity contribution is 0.418. The average molecular weight is 348 g/mol. The maximum Gasteiger partial charge on any atom is 0.260 e. The average Bonchev–Trinajstić information content (AvgIpc) is 3.00. The van der Waals surface area contributed by atoms with Gasteiger partial charge in [-0.3, -0.25) is 0 Å². The summed E-state index contributed by atoms with van der Waals surface area (Å²) in [6.07, 6.45) is 0.493. The number of hydrogen-bond donors (Lipinski definition) is 1. The van der Waals surface area contributed by atoms with E-state index in [1.165, 1.54) is 6.07 Å². The normalized spacial score (nSPS) is 20.8. The van der Waals surface area contributed by atoms with E-state index in [4.69, 9.17) is 33.5 Å². The molecule has 1 aromatic heterocycles. The van der Waals surface area contributed by atoms with E-state index >= 15 is 0 Å². The van der Waals surface area contributed by atoms with Gasteiger partial charge in [0.1, 0.15) is 0 Å². The number of hydrogen-bond acceptors (Lipinski definition) is 6. The Labute approximate surface area is 131 Å². The zero-order chi connectivity index (χ0) is 15.2. The fourth-order valence-electron chi connectivity index (χ4n) is 2.27. The molecular formula is C12H11Cl2N3O3S. The monoisotopic (exact) mass is 347 g/mol. The van der Waals surface area contributed by atoms with Gasteiger partial charge in [-0.25, -0.2) is 8.42 Å².